The third-order valence-corrected chi connectivity index (χ3v) is 5.83. The average Bonchev–Trinajstić information content (AvgIpc) is 3.02. The van der Waals surface area contributed by atoms with Crippen molar-refractivity contribution in [3.05, 3.63) is 30.1 Å². The van der Waals surface area contributed by atoms with Crippen molar-refractivity contribution in [1.29, 1.82) is 0 Å². The first kappa shape index (κ1) is 20.8. The number of benzene rings is 1. The van der Waals surface area contributed by atoms with Gasteiger partial charge in [-0.2, -0.15) is 13.2 Å². The molecule has 2 aromatic rings. The summed E-state index contributed by atoms with van der Waals surface area (Å²) in [5, 5.41) is 0.611. The molecule has 2 fully saturated rings. The fraction of sp³-hybridized carbons (Fsp3) is 0.571. The van der Waals surface area contributed by atoms with Crippen LogP contribution < -0.4 is 4.90 Å². The lowest BCUT2D eigenvalue weighted by Crippen LogP contribution is -2.50. The molecule has 1 aromatic heterocycles. The number of piperazine rings is 1. The fourth-order valence-corrected chi connectivity index (χ4v) is 4.16. The molecule has 0 radical (unpaired) electrons. The first-order valence-corrected chi connectivity index (χ1v) is 10.5. The number of anilines is 1. The molecule has 30 heavy (non-hydrogen) atoms. The Morgan fingerprint density at radius 3 is 2.23 bits per heavy atom. The van der Waals surface area contributed by atoms with Crippen molar-refractivity contribution in [3.63, 3.8) is 0 Å². The molecule has 4 rings (SSSR count). The van der Waals surface area contributed by atoms with E-state index in [4.69, 9.17) is 0 Å². The summed E-state index contributed by atoms with van der Waals surface area (Å²) in [4.78, 5) is 26.1. The van der Waals surface area contributed by atoms with Gasteiger partial charge in [-0.3, -0.25) is 9.69 Å². The average molecular weight is 421 g/mol. The summed E-state index contributed by atoms with van der Waals surface area (Å²) in [6.45, 7) is 4.28. The Morgan fingerprint density at radius 2 is 1.57 bits per heavy atom. The molecular formula is C21H26F3N5O. The molecule has 0 aliphatic carbocycles. The lowest BCUT2D eigenvalue weighted by Gasteiger charge is -2.36. The van der Waals surface area contributed by atoms with Crippen LogP contribution in [0.1, 0.15) is 31.5 Å². The summed E-state index contributed by atoms with van der Waals surface area (Å²) in [6, 6.07) is 6.77. The molecule has 3 heterocycles. The fourth-order valence-electron chi connectivity index (χ4n) is 4.16. The largest absolute Gasteiger partial charge is 0.451 e. The summed E-state index contributed by atoms with van der Waals surface area (Å²) in [5.74, 6) is -0.654. The predicted octanol–water partition coefficient (Wildman–Crippen LogP) is 3.17. The molecule has 0 bridgehead atoms. The number of nitrogens with zero attached hydrogens (tertiary/aromatic N) is 5. The second-order valence-corrected chi connectivity index (χ2v) is 7.94. The Labute approximate surface area is 173 Å². The van der Waals surface area contributed by atoms with Gasteiger partial charge in [0.1, 0.15) is 5.82 Å². The number of hydrogen-bond acceptors (Lipinski definition) is 5. The van der Waals surface area contributed by atoms with E-state index < -0.39 is 12.0 Å². The normalized spacial score (nSPS) is 19.2. The van der Waals surface area contributed by atoms with Gasteiger partial charge < -0.3 is 9.80 Å². The second-order valence-electron chi connectivity index (χ2n) is 7.94. The molecule has 6 nitrogen and oxygen atoms in total. The second kappa shape index (κ2) is 8.75. The van der Waals surface area contributed by atoms with Crippen LogP contribution in [-0.2, 0) is 11.0 Å². The van der Waals surface area contributed by atoms with Gasteiger partial charge in [-0.25, -0.2) is 9.97 Å². The minimum Gasteiger partial charge on any atom is -0.353 e. The molecule has 0 spiro atoms. The van der Waals surface area contributed by atoms with Crippen LogP contribution in [0.15, 0.2) is 24.3 Å². The molecule has 0 unspecified atom stereocenters. The molecular weight excluding hydrogens is 395 g/mol. The van der Waals surface area contributed by atoms with Gasteiger partial charge in [0.2, 0.25) is 11.7 Å². The lowest BCUT2D eigenvalue weighted by molar-refractivity contribution is -0.144. The summed E-state index contributed by atoms with van der Waals surface area (Å²) in [5.41, 5.74) is 0.286. The number of fused-ring (bicyclic) bond motifs is 1. The van der Waals surface area contributed by atoms with Gasteiger partial charge in [0.15, 0.2) is 0 Å². The topological polar surface area (TPSA) is 52.6 Å². The third-order valence-electron chi connectivity index (χ3n) is 5.83. The van der Waals surface area contributed by atoms with Gasteiger partial charge in [-0.05, 0) is 25.0 Å². The first-order chi connectivity index (χ1) is 14.4. The van der Waals surface area contributed by atoms with Crippen LogP contribution in [0, 0.1) is 0 Å². The Kier molecular flexibility index (Phi) is 6.08. The van der Waals surface area contributed by atoms with Gasteiger partial charge in [0, 0.05) is 44.7 Å². The third kappa shape index (κ3) is 4.66. The number of likely N-dealkylation sites (tertiary alicyclic amines) is 1. The van der Waals surface area contributed by atoms with Gasteiger partial charge in [-0.1, -0.05) is 25.0 Å². The number of carbonyl (C=O) groups is 1. The highest BCUT2D eigenvalue weighted by molar-refractivity contribution is 5.89. The summed E-state index contributed by atoms with van der Waals surface area (Å²) in [6.07, 6.45) is -0.131. The van der Waals surface area contributed by atoms with E-state index in [0.29, 0.717) is 43.9 Å². The highest BCUT2D eigenvalue weighted by Gasteiger charge is 2.36. The summed E-state index contributed by atoms with van der Waals surface area (Å²) in [7, 11) is 0. The maximum Gasteiger partial charge on any atom is 0.451 e. The predicted molar refractivity (Wildman–Crippen MR) is 108 cm³/mol. The van der Waals surface area contributed by atoms with Crippen molar-refractivity contribution in [2.75, 3.05) is 50.7 Å². The number of alkyl halides is 3. The van der Waals surface area contributed by atoms with Crippen LogP contribution >= 0.6 is 0 Å². The monoisotopic (exact) mass is 421 g/mol. The summed E-state index contributed by atoms with van der Waals surface area (Å²) < 4.78 is 39.8. The van der Waals surface area contributed by atoms with E-state index in [-0.39, 0.29) is 11.4 Å². The molecule has 162 valence electrons. The van der Waals surface area contributed by atoms with Gasteiger partial charge in [-0.15, -0.1) is 0 Å². The number of hydrogen-bond donors (Lipinski definition) is 0. The van der Waals surface area contributed by atoms with E-state index in [1.807, 2.05) is 9.80 Å². The van der Waals surface area contributed by atoms with Crippen LogP contribution in [0.25, 0.3) is 10.9 Å². The highest BCUT2D eigenvalue weighted by atomic mass is 19.4. The van der Waals surface area contributed by atoms with Crippen molar-refractivity contribution in [3.8, 4) is 0 Å². The molecule has 2 aliphatic heterocycles. The van der Waals surface area contributed by atoms with E-state index in [1.54, 1.807) is 24.3 Å². The maximum absolute atomic E-state index is 13.3. The van der Waals surface area contributed by atoms with Crippen LogP contribution in [0.2, 0.25) is 0 Å². The Hall–Kier alpha value is -2.42. The van der Waals surface area contributed by atoms with Crippen molar-refractivity contribution in [2.45, 2.75) is 31.9 Å². The number of para-hydroxylation sites is 1. The van der Waals surface area contributed by atoms with Crippen LogP contribution in [0.3, 0.4) is 0 Å². The van der Waals surface area contributed by atoms with E-state index in [1.165, 1.54) is 12.8 Å². The van der Waals surface area contributed by atoms with Crippen molar-refractivity contribution < 1.29 is 18.0 Å². The smallest absolute Gasteiger partial charge is 0.353 e. The van der Waals surface area contributed by atoms with Crippen molar-refractivity contribution >= 4 is 22.6 Å². The van der Waals surface area contributed by atoms with E-state index >= 15 is 0 Å². The molecule has 0 N–H and O–H groups in total. The number of carbonyl (C=O) groups excluding carboxylic acids is 1. The molecule has 0 atom stereocenters. The quantitative estimate of drug-likeness (QED) is 0.762. The molecule has 0 saturated carbocycles. The molecule has 1 aromatic carbocycles. The Balaban J connectivity index is 1.45. The Morgan fingerprint density at radius 1 is 0.900 bits per heavy atom. The zero-order valence-corrected chi connectivity index (χ0v) is 16.9. The number of amides is 1. The van der Waals surface area contributed by atoms with Crippen LogP contribution in [0.4, 0.5) is 19.0 Å². The first-order valence-electron chi connectivity index (χ1n) is 10.5. The number of aromatic nitrogens is 2. The van der Waals surface area contributed by atoms with E-state index in [2.05, 4.69) is 14.9 Å². The van der Waals surface area contributed by atoms with Gasteiger partial charge >= 0.3 is 6.18 Å². The minimum absolute atomic E-state index is 0.150. The standard InChI is InChI=1S/C21H26F3N5O/c22-21(23,24)20-25-17-8-4-3-7-16(17)19(26-20)29-13-11-27(12-14-29)15-18(30)28-9-5-1-2-6-10-28/h3-4,7-8H,1-2,5-6,9-15H2. The van der Waals surface area contributed by atoms with Gasteiger partial charge in [0.05, 0.1) is 12.1 Å². The maximum atomic E-state index is 13.3. The molecule has 2 saturated heterocycles. The molecule has 2 aliphatic rings. The van der Waals surface area contributed by atoms with E-state index in [9.17, 15) is 18.0 Å². The highest BCUT2D eigenvalue weighted by Crippen LogP contribution is 2.32. The zero-order valence-electron chi connectivity index (χ0n) is 16.9. The van der Waals surface area contributed by atoms with Gasteiger partial charge in [0.25, 0.3) is 0 Å². The molecule has 9 heteroatoms. The molecule has 1 amide bonds. The Bertz CT molecular complexity index is 888. The number of rotatable bonds is 3. The van der Waals surface area contributed by atoms with Crippen molar-refractivity contribution in [1.82, 2.24) is 19.8 Å². The lowest BCUT2D eigenvalue weighted by atomic mass is 10.2. The minimum atomic E-state index is -4.60. The van der Waals surface area contributed by atoms with E-state index in [0.717, 1.165) is 25.9 Å². The zero-order chi connectivity index (χ0) is 21.1. The SMILES string of the molecule is O=C(CN1CCN(c2nc(C(F)(F)F)nc3ccccc23)CC1)N1CCCCCC1. The number of halogens is 3. The van der Waals surface area contributed by atoms with Crippen molar-refractivity contribution in [2.24, 2.45) is 0 Å². The van der Waals surface area contributed by atoms with Crippen LogP contribution in [-0.4, -0.2) is 71.5 Å². The van der Waals surface area contributed by atoms with Crippen LogP contribution in [0.5, 0.6) is 0 Å². The summed E-state index contributed by atoms with van der Waals surface area (Å²) >= 11 is 0.